The Morgan fingerprint density at radius 1 is 0.943 bits per heavy atom. The van der Waals surface area contributed by atoms with Gasteiger partial charge in [-0.05, 0) is 43.3 Å². The lowest BCUT2D eigenvalue weighted by Crippen LogP contribution is -2.57. The van der Waals surface area contributed by atoms with Crippen LogP contribution in [0.4, 0.5) is 4.79 Å². The number of benzene rings is 2. The first-order chi connectivity index (χ1) is 16.7. The van der Waals surface area contributed by atoms with Gasteiger partial charge in [-0.25, -0.2) is 14.4 Å². The van der Waals surface area contributed by atoms with Crippen molar-refractivity contribution in [3.05, 3.63) is 59.7 Å². The van der Waals surface area contributed by atoms with Gasteiger partial charge in [0.05, 0.1) is 6.61 Å². The Kier molecular flexibility index (Phi) is 8.43. The highest BCUT2D eigenvalue weighted by molar-refractivity contribution is 6.05. The molecule has 1 aliphatic rings. The molecule has 0 spiro atoms. The zero-order valence-corrected chi connectivity index (χ0v) is 19.8. The summed E-state index contributed by atoms with van der Waals surface area (Å²) in [6, 6.07) is 12.6. The van der Waals surface area contributed by atoms with Crippen molar-refractivity contribution in [3.63, 3.8) is 0 Å². The van der Waals surface area contributed by atoms with Crippen molar-refractivity contribution in [3.8, 4) is 11.1 Å². The third-order valence-corrected chi connectivity index (χ3v) is 5.55. The predicted octanol–water partition coefficient (Wildman–Crippen LogP) is 1.59. The van der Waals surface area contributed by atoms with Crippen LogP contribution in [0.1, 0.15) is 24.0 Å². The largest absolute Gasteiger partial charge is 0.480 e. The number of alkyl carbamates (subject to hydrolysis) is 1. The number of aliphatic carboxylic acids is 1. The molecule has 0 saturated heterocycles. The first-order valence-electron chi connectivity index (χ1n) is 11.2. The number of fused-ring (bicyclic) bond motifs is 3. The van der Waals surface area contributed by atoms with Gasteiger partial charge in [-0.3, -0.25) is 10.1 Å². The molecule has 2 amide bonds. The third kappa shape index (κ3) is 6.15. The summed E-state index contributed by atoms with van der Waals surface area (Å²) in [7, 11) is 3.28. The van der Waals surface area contributed by atoms with Crippen molar-refractivity contribution >= 4 is 23.9 Å². The van der Waals surface area contributed by atoms with E-state index in [1.54, 1.807) is 25.9 Å². The van der Waals surface area contributed by atoms with Crippen molar-refractivity contribution in [2.75, 3.05) is 33.9 Å². The van der Waals surface area contributed by atoms with Crippen molar-refractivity contribution in [1.82, 2.24) is 15.5 Å². The molecule has 3 N–H and O–H groups in total. The molecule has 0 saturated carbocycles. The maximum absolute atomic E-state index is 12.7. The average molecular weight is 484 g/mol. The molecule has 0 fully saturated rings. The van der Waals surface area contributed by atoms with Crippen molar-refractivity contribution < 1.29 is 33.8 Å². The Balaban J connectivity index is 1.70. The normalized spacial score (nSPS) is 13.8. The molecule has 0 aliphatic heterocycles. The number of ether oxygens (including phenoxy) is 2. The van der Waals surface area contributed by atoms with Crippen LogP contribution in [0.5, 0.6) is 0 Å². The molecule has 10 nitrogen and oxygen atoms in total. The predicted molar refractivity (Wildman–Crippen MR) is 127 cm³/mol. The van der Waals surface area contributed by atoms with Crippen LogP contribution < -0.4 is 10.6 Å². The third-order valence-electron chi connectivity index (χ3n) is 5.55. The highest BCUT2D eigenvalue weighted by atomic mass is 16.6. The molecule has 0 aromatic heterocycles. The first kappa shape index (κ1) is 25.7. The van der Waals surface area contributed by atoms with Crippen LogP contribution in [0.25, 0.3) is 11.1 Å². The van der Waals surface area contributed by atoms with E-state index >= 15 is 0 Å². The number of carboxylic acid groups (broad SMARTS) is 1. The Morgan fingerprint density at radius 2 is 1.51 bits per heavy atom. The van der Waals surface area contributed by atoms with Gasteiger partial charge in [-0.1, -0.05) is 48.5 Å². The molecule has 3 rings (SSSR count). The Bertz CT molecular complexity index is 1060. The van der Waals surface area contributed by atoms with Crippen molar-refractivity contribution in [2.24, 2.45) is 0 Å². The molecule has 10 heteroatoms. The van der Waals surface area contributed by atoms with Gasteiger partial charge in [0.1, 0.15) is 12.6 Å². The minimum absolute atomic E-state index is 0.0123. The number of nitrogens with zero attached hydrogens (tertiary/aromatic N) is 1. The SMILES string of the molecule is CCOC(=O)C(NC(=O)OCC1c2ccccc2-c2ccccc21)C(=O)NC(CN(C)C)C(=O)O. The molecule has 0 bridgehead atoms. The number of esters is 1. The van der Waals surface area contributed by atoms with E-state index in [4.69, 9.17) is 9.47 Å². The summed E-state index contributed by atoms with van der Waals surface area (Å²) in [4.78, 5) is 50.7. The lowest BCUT2D eigenvalue weighted by Gasteiger charge is -2.22. The summed E-state index contributed by atoms with van der Waals surface area (Å²) in [5.41, 5.74) is 4.13. The minimum atomic E-state index is -1.77. The fourth-order valence-electron chi connectivity index (χ4n) is 4.02. The van der Waals surface area contributed by atoms with E-state index in [1.165, 1.54) is 0 Å². The molecule has 1 aliphatic carbocycles. The second kappa shape index (κ2) is 11.5. The van der Waals surface area contributed by atoms with Gasteiger partial charge < -0.3 is 24.8 Å². The topological polar surface area (TPSA) is 134 Å². The number of hydrogen-bond donors (Lipinski definition) is 3. The van der Waals surface area contributed by atoms with Crippen LogP contribution in [0.3, 0.4) is 0 Å². The van der Waals surface area contributed by atoms with Gasteiger partial charge in [0.25, 0.3) is 5.91 Å². The van der Waals surface area contributed by atoms with Crippen LogP contribution in [0.15, 0.2) is 48.5 Å². The summed E-state index contributed by atoms with van der Waals surface area (Å²) in [6.07, 6.45) is -1.00. The maximum atomic E-state index is 12.7. The number of carboxylic acids is 1. The number of nitrogens with one attached hydrogen (secondary N) is 2. The maximum Gasteiger partial charge on any atom is 0.408 e. The van der Waals surface area contributed by atoms with Gasteiger partial charge in [0, 0.05) is 12.5 Å². The van der Waals surface area contributed by atoms with Gasteiger partial charge in [0.2, 0.25) is 6.04 Å². The zero-order chi connectivity index (χ0) is 25.5. The van der Waals surface area contributed by atoms with Crippen molar-refractivity contribution in [1.29, 1.82) is 0 Å². The molecular formula is C25H29N3O7. The summed E-state index contributed by atoms with van der Waals surface area (Å²) in [5, 5.41) is 13.9. The van der Waals surface area contributed by atoms with Crippen LogP contribution in [0.2, 0.25) is 0 Å². The van der Waals surface area contributed by atoms with Gasteiger partial charge in [0.15, 0.2) is 0 Å². The van der Waals surface area contributed by atoms with E-state index in [9.17, 15) is 24.3 Å². The lowest BCUT2D eigenvalue weighted by molar-refractivity contribution is -0.151. The van der Waals surface area contributed by atoms with E-state index in [0.717, 1.165) is 22.3 Å². The molecule has 2 aromatic rings. The molecule has 2 atom stereocenters. The second-order valence-corrected chi connectivity index (χ2v) is 8.32. The van der Waals surface area contributed by atoms with Gasteiger partial charge in [-0.15, -0.1) is 0 Å². The molecular weight excluding hydrogens is 454 g/mol. The van der Waals surface area contributed by atoms with Crippen LogP contribution >= 0.6 is 0 Å². The van der Waals surface area contributed by atoms with Gasteiger partial charge in [-0.2, -0.15) is 0 Å². The van der Waals surface area contributed by atoms with E-state index in [-0.39, 0.29) is 25.7 Å². The Morgan fingerprint density at radius 3 is 2.03 bits per heavy atom. The quantitative estimate of drug-likeness (QED) is 0.343. The smallest absolute Gasteiger partial charge is 0.408 e. The molecule has 186 valence electrons. The molecule has 2 unspecified atom stereocenters. The Labute approximate surface area is 203 Å². The Hall–Kier alpha value is -3.92. The molecule has 0 heterocycles. The molecule has 2 aromatic carbocycles. The van der Waals surface area contributed by atoms with E-state index in [0.29, 0.717) is 0 Å². The number of carbonyl (C=O) groups is 4. The fourth-order valence-corrected chi connectivity index (χ4v) is 4.02. The first-order valence-corrected chi connectivity index (χ1v) is 11.2. The number of amides is 2. The molecule has 0 radical (unpaired) electrons. The highest BCUT2D eigenvalue weighted by Gasteiger charge is 2.34. The summed E-state index contributed by atoms with van der Waals surface area (Å²) in [5.74, 6) is -3.52. The standard InChI is InChI=1S/C25H29N3O7/c1-4-34-24(32)21(22(29)26-20(23(30)31)13-28(2)3)27-25(33)35-14-19-17-11-7-5-9-15(17)16-10-6-8-12-18(16)19/h5-12,19-21H,4,13-14H2,1-3H3,(H,26,29)(H,27,33)(H,30,31). The summed E-state index contributed by atoms with van der Waals surface area (Å²) >= 11 is 0. The van der Waals surface area contributed by atoms with Crippen LogP contribution in [-0.2, 0) is 23.9 Å². The highest BCUT2D eigenvalue weighted by Crippen LogP contribution is 2.44. The van der Waals surface area contributed by atoms with E-state index in [2.05, 4.69) is 10.6 Å². The molecule has 35 heavy (non-hydrogen) atoms. The monoisotopic (exact) mass is 483 g/mol. The number of hydrogen-bond acceptors (Lipinski definition) is 7. The van der Waals surface area contributed by atoms with Crippen molar-refractivity contribution in [2.45, 2.75) is 24.9 Å². The zero-order valence-electron chi connectivity index (χ0n) is 19.8. The summed E-state index contributed by atoms with van der Waals surface area (Å²) in [6.45, 7) is 1.48. The average Bonchev–Trinajstić information content (AvgIpc) is 3.14. The summed E-state index contributed by atoms with van der Waals surface area (Å²) < 4.78 is 10.3. The number of carbonyl (C=O) groups excluding carboxylic acids is 3. The lowest BCUT2D eigenvalue weighted by atomic mass is 9.98. The van der Waals surface area contributed by atoms with E-state index in [1.807, 2.05) is 48.5 Å². The fraction of sp³-hybridized carbons (Fsp3) is 0.360. The minimum Gasteiger partial charge on any atom is -0.480 e. The van der Waals surface area contributed by atoms with Crippen LogP contribution in [0, 0.1) is 0 Å². The van der Waals surface area contributed by atoms with Gasteiger partial charge >= 0.3 is 18.0 Å². The second-order valence-electron chi connectivity index (χ2n) is 8.32. The van der Waals surface area contributed by atoms with Crippen LogP contribution in [-0.4, -0.2) is 79.9 Å². The van der Waals surface area contributed by atoms with E-state index < -0.39 is 36.0 Å². The number of rotatable bonds is 10. The number of likely N-dealkylation sites (N-methyl/N-ethyl adjacent to an activating group) is 1.